The molecule has 0 atom stereocenters. The second-order valence-electron chi connectivity index (χ2n) is 9.62. The fraction of sp³-hybridized carbons (Fsp3) is 0.370. The number of carbonyl (C=O) groups is 1. The number of hydrogen-bond donors (Lipinski definition) is 2. The van der Waals surface area contributed by atoms with Crippen molar-refractivity contribution in [2.45, 2.75) is 37.6 Å². The third-order valence-corrected chi connectivity index (χ3v) is 7.42. The molecule has 9 heteroatoms. The molecular formula is C27H26F2N4O3. The molecule has 0 bridgehead atoms. The number of benzene rings is 2. The minimum Gasteiger partial charge on any atom is -0.469 e. The van der Waals surface area contributed by atoms with Crippen LogP contribution in [0.4, 0.5) is 14.6 Å². The molecule has 0 amide bonds. The van der Waals surface area contributed by atoms with Crippen LogP contribution < -0.4 is 5.32 Å². The Morgan fingerprint density at radius 1 is 1.11 bits per heavy atom. The molecule has 1 aliphatic heterocycles. The first kappa shape index (κ1) is 22.8. The Bertz CT molecular complexity index is 1460. The number of hydrogen-bond acceptors (Lipinski definition) is 6. The van der Waals surface area contributed by atoms with Gasteiger partial charge in [0.1, 0.15) is 5.82 Å². The van der Waals surface area contributed by atoms with Crippen molar-refractivity contribution in [1.82, 2.24) is 15.2 Å². The van der Waals surface area contributed by atoms with Crippen LogP contribution in [-0.4, -0.2) is 47.5 Å². The van der Waals surface area contributed by atoms with E-state index in [9.17, 15) is 13.6 Å². The van der Waals surface area contributed by atoms with Crippen LogP contribution in [0.15, 0.2) is 36.5 Å². The highest BCUT2D eigenvalue weighted by Gasteiger charge is 2.36. The molecule has 2 fully saturated rings. The van der Waals surface area contributed by atoms with Crippen molar-refractivity contribution in [2.24, 2.45) is 5.92 Å². The summed E-state index contributed by atoms with van der Waals surface area (Å²) in [5.74, 6) is -1.27. The van der Waals surface area contributed by atoms with Crippen molar-refractivity contribution in [3.63, 3.8) is 0 Å². The van der Waals surface area contributed by atoms with Gasteiger partial charge in [-0.1, -0.05) is 6.07 Å². The van der Waals surface area contributed by atoms with Crippen LogP contribution in [-0.2, 0) is 14.3 Å². The topological polar surface area (TPSA) is 89.1 Å². The van der Waals surface area contributed by atoms with Crippen LogP contribution in [0.5, 0.6) is 0 Å². The van der Waals surface area contributed by atoms with E-state index >= 15 is 0 Å². The summed E-state index contributed by atoms with van der Waals surface area (Å²) >= 11 is 0. The lowest BCUT2D eigenvalue weighted by atomic mass is 9.80. The third kappa shape index (κ3) is 3.97. The Morgan fingerprint density at radius 3 is 2.67 bits per heavy atom. The number of anilines is 1. The molecule has 6 rings (SSSR count). The summed E-state index contributed by atoms with van der Waals surface area (Å²) in [7, 11) is 1.41. The largest absolute Gasteiger partial charge is 0.469 e. The van der Waals surface area contributed by atoms with E-state index < -0.39 is 11.6 Å². The number of H-pyrrole nitrogens is 1. The number of aromatic amines is 1. The number of rotatable bonds is 5. The smallest absolute Gasteiger partial charge is 0.308 e. The lowest BCUT2D eigenvalue weighted by molar-refractivity contribution is -0.148. The summed E-state index contributed by atoms with van der Waals surface area (Å²) < 4.78 is 38.7. The van der Waals surface area contributed by atoms with E-state index in [1.165, 1.54) is 13.2 Å². The van der Waals surface area contributed by atoms with Crippen molar-refractivity contribution >= 4 is 33.5 Å². The van der Waals surface area contributed by atoms with Crippen LogP contribution in [0, 0.1) is 17.6 Å². The van der Waals surface area contributed by atoms with Gasteiger partial charge in [-0.05, 0) is 60.9 Å². The van der Waals surface area contributed by atoms with Crippen molar-refractivity contribution in [1.29, 1.82) is 0 Å². The first-order chi connectivity index (χ1) is 17.5. The van der Waals surface area contributed by atoms with Gasteiger partial charge in [-0.15, -0.1) is 0 Å². The summed E-state index contributed by atoms with van der Waals surface area (Å²) in [6.07, 6.45) is 4.66. The van der Waals surface area contributed by atoms with Gasteiger partial charge in [0, 0.05) is 41.5 Å². The summed E-state index contributed by atoms with van der Waals surface area (Å²) in [6, 6.07) is 8.11. The third-order valence-electron chi connectivity index (χ3n) is 7.42. The predicted molar refractivity (Wildman–Crippen MR) is 132 cm³/mol. The van der Waals surface area contributed by atoms with Crippen LogP contribution >= 0.6 is 0 Å². The molecule has 1 saturated heterocycles. The normalized spacial score (nSPS) is 20.4. The Kier molecular flexibility index (Phi) is 5.79. The number of halogens is 2. The Labute approximate surface area is 206 Å². The molecule has 2 aliphatic rings. The van der Waals surface area contributed by atoms with Crippen LogP contribution in [0.3, 0.4) is 0 Å². The molecule has 2 aromatic heterocycles. The summed E-state index contributed by atoms with van der Waals surface area (Å²) in [5.41, 5.74) is 3.07. The number of fused-ring (bicyclic) bond motifs is 2. The van der Waals surface area contributed by atoms with Gasteiger partial charge in [-0.3, -0.25) is 9.89 Å². The van der Waals surface area contributed by atoms with Crippen LogP contribution in [0.1, 0.15) is 37.3 Å². The van der Waals surface area contributed by atoms with E-state index in [4.69, 9.17) is 14.5 Å². The Hall–Kier alpha value is -3.59. The van der Waals surface area contributed by atoms with Crippen molar-refractivity contribution in [3.8, 4) is 11.1 Å². The molecule has 2 aromatic carbocycles. The van der Waals surface area contributed by atoms with Gasteiger partial charge in [0.05, 0.1) is 30.4 Å². The average molecular weight is 493 g/mol. The maximum atomic E-state index is 14.4. The summed E-state index contributed by atoms with van der Waals surface area (Å²) in [5, 5.41) is 13.4. The van der Waals surface area contributed by atoms with Gasteiger partial charge in [-0.2, -0.15) is 5.10 Å². The zero-order chi connectivity index (χ0) is 24.8. The van der Waals surface area contributed by atoms with Gasteiger partial charge in [0.15, 0.2) is 11.6 Å². The van der Waals surface area contributed by atoms with E-state index in [2.05, 4.69) is 15.5 Å². The van der Waals surface area contributed by atoms with Crippen LogP contribution in [0.25, 0.3) is 32.8 Å². The molecule has 186 valence electrons. The quantitative estimate of drug-likeness (QED) is 0.367. The minimum absolute atomic E-state index is 0.0823. The number of carbonyl (C=O) groups excluding carboxylic acids is 1. The number of nitrogens with zero attached hydrogens (tertiary/aromatic N) is 2. The standard InChI is InChI=1S/C27H26F2N4O3/c1-35-27(34)16-8-18(9-16)31-26-20-12-23-17(13-30-33-23)10-19(20)24(15-2-3-21(28)22(29)11-15)25(32-26)14-4-6-36-7-5-14/h2-3,10-14,16,18H,4-9H2,1H3,(H,30,33)(H,31,32). The molecule has 1 saturated carbocycles. The molecule has 4 aromatic rings. The number of methoxy groups -OCH3 is 1. The molecule has 7 nitrogen and oxygen atoms in total. The summed E-state index contributed by atoms with van der Waals surface area (Å²) in [6.45, 7) is 1.24. The SMILES string of the molecule is COC(=O)C1CC(Nc2nc(C3CCOCC3)c(-c3ccc(F)c(F)c3)c3cc4cn[nH]c4cc23)C1. The number of aromatic nitrogens is 3. The molecule has 2 N–H and O–H groups in total. The van der Waals surface area contributed by atoms with Crippen molar-refractivity contribution < 1.29 is 23.0 Å². The lowest BCUT2D eigenvalue weighted by Crippen LogP contribution is -2.40. The number of esters is 1. The monoisotopic (exact) mass is 492 g/mol. The highest BCUT2D eigenvalue weighted by Crippen LogP contribution is 2.43. The van der Waals surface area contributed by atoms with E-state index in [1.807, 2.05) is 12.1 Å². The highest BCUT2D eigenvalue weighted by molar-refractivity contribution is 6.09. The molecule has 0 radical (unpaired) electrons. The van der Waals surface area contributed by atoms with Gasteiger partial charge in [0.2, 0.25) is 0 Å². The van der Waals surface area contributed by atoms with Crippen LogP contribution in [0.2, 0.25) is 0 Å². The Morgan fingerprint density at radius 2 is 1.92 bits per heavy atom. The first-order valence-corrected chi connectivity index (χ1v) is 12.2. The van der Waals surface area contributed by atoms with Crippen molar-refractivity contribution in [3.05, 3.63) is 53.9 Å². The maximum absolute atomic E-state index is 14.4. The van der Waals surface area contributed by atoms with E-state index in [0.717, 1.165) is 51.8 Å². The van der Waals surface area contributed by atoms with Gasteiger partial charge >= 0.3 is 5.97 Å². The van der Waals surface area contributed by atoms with E-state index in [1.54, 1.807) is 12.3 Å². The first-order valence-electron chi connectivity index (χ1n) is 12.2. The molecule has 3 heterocycles. The lowest BCUT2D eigenvalue weighted by Gasteiger charge is -2.35. The second kappa shape index (κ2) is 9.13. The number of nitrogens with one attached hydrogen (secondary N) is 2. The van der Waals surface area contributed by atoms with Gasteiger partial charge in [0.25, 0.3) is 0 Å². The van der Waals surface area contributed by atoms with Gasteiger partial charge in [-0.25, -0.2) is 13.8 Å². The summed E-state index contributed by atoms with van der Waals surface area (Å²) in [4.78, 5) is 17.0. The molecule has 0 unspecified atom stereocenters. The second-order valence-corrected chi connectivity index (χ2v) is 9.62. The fourth-order valence-corrected chi connectivity index (χ4v) is 5.39. The maximum Gasteiger partial charge on any atom is 0.308 e. The highest BCUT2D eigenvalue weighted by atomic mass is 19.2. The Balaban J connectivity index is 1.54. The zero-order valence-corrected chi connectivity index (χ0v) is 19.8. The fourth-order valence-electron chi connectivity index (χ4n) is 5.39. The predicted octanol–water partition coefficient (Wildman–Crippen LogP) is 5.31. The van der Waals surface area contributed by atoms with E-state index in [-0.39, 0.29) is 23.8 Å². The molecule has 1 aliphatic carbocycles. The van der Waals surface area contributed by atoms with Crippen molar-refractivity contribution in [2.75, 3.05) is 25.6 Å². The molecule has 36 heavy (non-hydrogen) atoms. The molecule has 0 spiro atoms. The zero-order valence-electron chi connectivity index (χ0n) is 19.8. The minimum atomic E-state index is -0.895. The average Bonchev–Trinajstić information content (AvgIpc) is 3.33. The van der Waals surface area contributed by atoms with Gasteiger partial charge < -0.3 is 14.8 Å². The number of pyridine rings is 1. The molecular weight excluding hydrogens is 466 g/mol. The van der Waals surface area contributed by atoms with E-state index in [0.29, 0.717) is 37.4 Å². The number of ether oxygens (including phenoxy) is 2.